The van der Waals surface area contributed by atoms with Gasteiger partial charge in [-0.2, -0.15) is 11.3 Å². The molecule has 0 saturated carbocycles. The van der Waals surface area contributed by atoms with Crippen LogP contribution < -0.4 is 10.1 Å². The van der Waals surface area contributed by atoms with Crippen LogP contribution in [0.5, 0.6) is 5.75 Å². The number of methoxy groups -OCH3 is 1. The van der Waals surface area contributed by atoms with Gasteiger partial charge in [-0.05, 0) is 30.0 Å². The van der Waals surface area contributed by atoms with Crippen LogP contribution in [-0.4, -0.2) is 55.0 Å². The number of anilines is 1. The number of hydrogen-bond acceptors (Lipinski definition) is 4. The second-order valence-corrected chi connectivity index (χ2v) is 6.56. The highest BCUT2D eigenvalue weighted by atomic mass is 32.1. The van der Waals surface area contributed by atoms with Gasteiger partial charge in [-0.15, -0.1) is 0 Å². The third kappa shape index (κ3) is 4.11. The van der Waals surface area contributed by atoms with E-state index in [9.17, 15) is 9.59 Å². The maximum Gasteiger partial charge on any atom is 0.322 e. The summed E-state index contributed by atoms with van der Waals surface area (Å²) in [5.41, 5.74) is 1.36. The molecule has 1 aromatic carbocycles. The lowest BCUT2D eigenvalue weighted by Gasteiger charge is -2.22. The van der Waals surface area contributed by atoms with Crippen molar-refractivity contribution >= 4 is 29.0 Å². The van der Waals surface area contributed by atoms with Gasteiger partial charge in [0.2, 0.25) is 0 Å². The molecule has 0 spiro atoms. The molecular weight excluding hydrogens is 338 g/mol. The van der Waals surface area contributed by atoms with Gasteiger partial charge in [0.25, 0.3) is 5.91 Å². The summed E-state index contributed by atoms with van der Waals surface area (Å²) in [5.74, 6) is 0.660. The van der Waals surface area contributed by atoms with Gasteiger partial charge in [0.15, 0.2) is 0 Å². The van der Waals surface area contributed by atoms with Crippen molar-refractivity contribution in [3.63, 3.8) is 0 Å². The predicted octanol–water partition coefficient (Wildman–Crippen LogP) is 3.14. The van der Waals surface area contributed by atoms with Gasteiger partial charge in [-0.25, -0.2) is 4.79 Å². The molecule has 1 saturated heterocycles. The number of amides is 3. The van der Waals surface area contributed by atoms with E-state index in [4.69, 9.17) is 4.74 Å². The van der Waals surface area contributed by atoms with E-state index < -0.39 is 0 Å². The maximum atomic E-state index is 12.6. The zero-order valence-electron chi connectivity index (χ0n) is 14.1. The number of carbonyl (C=O) groups is 2. The van der Waals surface area contributed by atoms with Gasteiger partial charge in [0.1, 0.15) is 5.75 Å². The summed E-state index contributed by atoms with van der Waals surface area (Å²) >= 11 is 1.51. The summed E-state index contributed by atoms with van der Waals surface area (Å²) < 4.78 is 5.26. The van der Waals surface area contributed by atoms with Crippen LogP contribution in [0.15, 0.2) is 41.1 Å². The first-order valence-electron chi connectivity index (χ1n) is 8.19. The van der Waals surface area contributed by atoms with Crippen LogP contribution in [0.2, 0.25) is 0 Å². The first-order chi connectivity index (χ1) is 12.2. The summed E-state index contributed by atoms with van der Waals surface area (Å²) in [6.07, 6.45) is 0.759. The molecule has 3 amide bonds. The van der Waals surface area contributed by atoms with E-state index in [1.807, 2.05) is 33.9 Å². The molecule has 2 aromatic rings. The zero-order valence-corrected chi connectivity index (χ0v) is 14.9. The van der Waals surface area contributed by atoms with Gasteiger partial charge in [0.05, 0.1) is 18.4 Å². The number of nitrogens with zero attached hydrogens (tertiary/aromatic N) is 2. The standard InChI is InChI=1S/C18H21N3O3S/c1-24-16-6-3-2-5-15(16)19-18(23)21-9-4-8-20(10-11-21)17(22)14-7-12-25-13-14/h2-3,5-7,12-13H,4,8-11H2,1H3,(H,19,23). The summed E-state index contributed by atoms with van der Waals surface area (Å²) in [7, 11) is 1.57. The van der Waals surface area contributed by atoms with Crippen LogP contribution in [0.3, 0.4) is 0 Å². The Hall–Kier alpha value is -2.54. The highest BCUT2D eigenvalue weighted by molar-refractivity contribution is 7.08. The first-order valence-corrected chi connectivity index (χ1v) is 9.13. The number of nitrogens with one attached hydrogen (secondary N) is 1. The lowest BCUT2D eigenvalue weighted by molar-refractivity contribution is 0.0763. The number of carbonyl (C=O) groups excluding carboxylic acids is 2. The highest BCUT2D eigenvalue weighted by Gasteiger charge is 2.23. The Morgan fingerprint density at radius 3 is 2.60 bits per heavy atom. The van der Waals surface area contributed by atoms with Crippen LogP contribution >= 0.6 is 11.3 Å². The highest BCUT2D eigenvalue weighted by Crippen LogP contribution is 2.23. The first kappa shape index (κ1) is 17.3. The molecule has 0 radical (unpaired) electrons. The summed E-state index contributed by atoms with van der Waals surface area (Å²) in [6, 6.07) is 8.98. The van der Waals surface area contributed by atoms with Gasteiger partial charge in [-0.1, -0.05) is 12.1 Å². The minimum absolute atomic E-state index is 0.0354. The van der Waals surface area contributed by atoms with Crippen molar-refractivity contribution < 1.29 is 14.3 Å². The van der Waals surface area contributed by atoms with E-state index in [2.05, 4.69) is 5.32 Å². The molecule has 1 N–H and O–H groups in total. The fraction of sp³-hybridized carbons (Fsp3) is 0.333. The van der Waals surface area contributed by atoms with Gasteiger partial charge in [0, 0.05) is 31.6 Å². The molecule has 7 heteroatoms. The number of para-hydroxylation sites is 2. The topological polar surface area (TPSA) is 61.9 Å². The fourth-order valence-corrected chi connectivity index (χ4v) is 3.46. The van der Waals surface area contributed by atoms with E-state index in [0.717, 1.165) is 12.0 Å². The Bertz CT molecular complexity index is 733. The number of thiophene rings is 1. The second-order valence-electron chi connectivity index (χ2n) is 5.78. The molecule has 3 rings (SSSR count). The van der Waals surface area contributed by atoms with Crippen LogP contribution in [0, 0.1) is 0 Å². The van der Waals surface area contributed by atoms with Crippen molar-refractivity contribution in [1.29, 1.82) is 0 Å². The summed E-state index contributed by atoms with van der Waals surface area (Å²) in [4.78, 5) is 28.6. The Kier molecular flexibility index (Phi) is 5.55. The van der Waals surface area contributed by atoms with E-state index >= 15 is 0 Å². The third-order valence-corrected chi connectivity index (χ3v) is 4.87. The predicted molar refractivity (Wildman–Crippen MR) is 98.4 cm³/mol. The Balaban J connectivity index is 1.61. The maximum absolute atomic E-state index is 12.6. The fourth-order valence-electron chi connectivity index (χ4n) is 2.83. The quantitative estimate of drug-likeness (QED) is 0.916. The lowest BCUT2D eigenvalue weighted by Crippen LogP contribution is -2.39. The molecule has 1 aliphatic heterocycles. The summed E-state index contributed by atoms with van der Waals surface area (Å²) in [6.45, 7) is 2.33. The molecule has 0 atom stereocenters. The third-order valence-electron chi connectivity index (χ3n) is 4.19. The molecule has 1 aliphatic rings. The molecular formula is C18H21N3O3S. The van der Waals surface area contributed by atoms with Crippen LogP contribution in [0.4, 0.5) is 10.5 Å². The van der Waals surface area contributed by atoms with Crippen molar-refractivity contribution in [2.24, 2.45) is 0 Å². The Labute approximate surface area is 151 Å². The van der Waals surface area contributed by atoms with Crippen LogP contribution in [0.1, 0.15) is 16.8 Å². The molecule has 25 heavy (non-hydrogen) atoms. The number of urea groups is 1. The minimum atomic E-state index is -0.172. The van der Waals surface area contributed by atoms with Crippen molar-refractivity contribution in [1.82, 2.24) is 9.80 Å². The molecule has 132 valence electrons. The van der Waals surface area contributed by atoms with Crippen LogP contribution in [0.25, 0.3) is 0 Å². The molecule has 2 heterocycles. The number of rotatable bonds is 3. The van der Waals surface area contributed by atoms with Crippen molar-refractivity contribution in [3.8, 4) is 5.75 Å². The van der Waals surface area contributed by atoms with Crippen molar-refractivity contribution in [2.45, 2.75) is 6.42 Å². The normalized spacial score (nSPS) is 14.8. The average molecular weight is 359 g/mol. The molecule has 0 bridgehead atoms. The minimum Gasteiger partial charge on any atom is -0.495 e. The largest absolute Gasteiger partial charge is 0.495 e. The van der Waals surface area contributed by atoms with E-state index in [0.29, 0.717) is 37.6 Å². The molecule has 0 aliphatic carbocycles. The zero-order chi connectivity index (χ0) is 17.6. The average Bonchev–Trinajstić information content (AvgIpc) is 3.06. The molecule has 1 fully saturated rings. The molecule has 6 nitrogen and oxygen atoms in total. The lowest BCUT2D eigenvalue weighted by atomic mass is 10.3. The van der Waals surface area contributed by atoms with Crippen molar-refractivity contribution in [3.05, 3.63) is 46.7 Å². The van der Waals surface area contributed by atoms with Gasteiger partial charge >= 0.3 is 6.03 Å². The van der Waals surface area contributed by atoms with Crippen molar-refractivity contribution in [2.75, 3.05) is 38.6 Å². The van der Waals surface area contributed by atoms with E-state index in [1.165, 1.54) is 11.3 Å². The number of benzene rings is 1. The molecule has 0 unspecified atom stereocenters. The number of ether oxygens (including phenoxy) is 1. The second kappa shape index (κ2) is 8.02. The van der Waals surface area contributed by atoms with Crippen LogP contribution in [-0.2, 0) is 0 Å². The SMILES string of the molecule is COc1ccccc1NC(=O)N1CCCN(C(=O)c2ccsc2)CC1. The molecule has 1 aromatic heterocycles. The van der Waals surface area contributed by atoms with E-state index in [1.54, 1.807) is 24.1 Å². The van der Waals surface area contributed by atoms with Gasteiger partial charge in [-0.3, -0.25) is 4.79 Å². The smallest absolute Gasteiger partial charge is 0.322 e. The Morgan fingerprint density at radius 2 is 1.84 bits per heavy atom. The summed E-state index contributed by atoms with van der Waals surface area (Å²) in [5, 5.41) is 6.65. The monoisotopic (exact) mass is 359 g/mol. The van der Waals surface area contributed by atoms with Gasteiger partial charge < -0.3 is 19.9 Å². The number of hydrogen-bond donors (Lipinski definition) is 1. The van der Waals surface area contributed by atoms with E-state index in [-0.39, 0.29) is 11.9 Å². The Morgan fingerprint density at radius 1 is 1.08 bits per heavy atom.